The van der Waals surface area contributed by atoms with Crippen molar-refractivity contribution in [2.75, 3.05) is 36.9 Å². The third kappa shape index (κ3) is 2.61. The Bertz CT molecular complexity index is 321. The molecule has 1 fully saturated rings. The molecular weight excluding hydrogens is 210 g/mol. The first-order valence-electron chi connectivity index (χ1n) is 5.45. The predicted molar refractivity (Wildman–Crippen MR) is 59.1 cm³/mol. The zero-order valence-electron chi connectivity index (χ0n) is 9.09. The van der Waals surface area contributed by atoms with E-state index in [9.17, 15) is 0 Å². The molecule has 0 spiro atoms. The minimum Gasteiger partial charge on any atom is -0.394 e. The molecule has 0 bridgehead atoms. The summed E-state index contributed by atoms with van der Waals surface area (Å²) in [7, 11) is 0. The Hall–Kier alpha value is -1.34. The lowest BCUT2D eigenvalue weighted by molar-refractivity contribution is 0.0157. The van der Waals surface area contributed by atoms with Gasteiger partial charge in [0, 0.05) is 13.1 Å². The van der Waals surface area contributed by atoms with Crippen molar-refractivity contribution in [1.82, 2.24) is 15.2 Å². The zero-order valence-corrected chi connectivity index (χ0v) is 9.09. The van der Waals surface area contributed by atoms with Crippen LogP contribution in [0.2, 0.25) is 0 Å². The molecule has 2 rings (SSSR count). The van der Waals surface area contributed by atoms with Gasteiger partial charge in [0.15, 0.2) is 0 Å². The fourth-order valence-electron chi connectivity index (χ4n) is 1.85. The molecule has 0 radical (unpaired) electrons. The van der Waals surface area contributed by atoms with E-state index in [0.29, 0.717) is 18.5 Å². The first kappa shape index (κ1) is 11.2. The third-order valence-electron chi connectivity index (χ3n) is 2.66. The molecule has 4 N–H and O–H groups in total. The lowest BCUT2D eigenvalue weighted by Crippen LogP contribution is -2.38. The van der Waals surface area contributed by atoms with E-state index in [1.807, 2.05) is 0 Å². The number of rotatable bonds is 4. The Morgan fingerprint density at radius 2 is 2.25 bits per heavy atom. The molecule has 1 aliphatic rings. The highest BCUT2D eigenvalue weighted by molar-refractivity contribution is 5.34. The highest BCUT2D eigenvalue weighted by Gasteiger charge is 2.21. The third-order valence-corrected chi connectivity index (χ3v) is 2.66. The summed E-state index contributed by atoms with van der Waals surface area (Å²) in [6, 6.07) is 0. The molecule has 0 saturated carbocycles. The van der Waals surface area contributed by atoms with Gasteiger partial charge >= 0.3 is 0 Å². The van der Waals surface area contributed by atoms with Crippen LogP contribution < -0.4 is 10.6 Å². The van der Waals surface area contributed by atoms with Crippen molar-refractivity contribution in [3.8, 4) is 0 Å². The molecule has 2 heterocycles. The minimum atomic E-state index is 0.0810. The number of nitrogens with two attached hydrogens (primary N) is 1. The van der Waals surface area contributed by atoms with Gasteiger partial charge in [0.25, 0.3) is 0 Å². The van der Waals surface area contributed by atoms with Crippen molar-refractivity contribution < 1.29 is 9.84 Å². The molecule has 0 unspecified atom stereocenters. The van der Waals surface area contributed by atoms with Crippen LogP contribution in [-0.2, 0) is 4.74 Å². The van der Waals surface area contributed by atoms with Crippen LogP contribution in [-0.4, -0.2) is 52.7 Å². The summed E-state index contributed by atoms with van der Waals surface area (Å²) in [4.78, 5) is 6.15. The maximum absolute atomic E-state index is 8.66. The topological polar surface area (TPSA) is 100 Å². The van der Waals surface area contributed by atoms with Gasteiger partial charge < -0.3 is 20.5 Å². The SMILES string of the molecule is Nc1nc(N2CCC(OCCO)CC2)n[nH]1. The first-order valence-corrected chi connectivity index (χ1v) is 5.45. The smallest absolute Gasteiger partial charge is 0.246 e. The van der Waals surface area contributed by atoms with Crippen LogP contribution in [0.25, 0.3) is 0 Å². The molecule has 0 aromatic carbocycles. The van der Waals surface area contributed by atoms with E-state index in [4.69, 9.17) is 15.6 Å². The number of piperidine rings is 1. The molecule has 1 saturated heterocycles. The highest BCUT2D eigenvalue weighted by Crippen LogP contribution is 2.18. The molecule has 90 valence electrons. The summed E-state index contributed by atoms with van der Waals surface area (Å²) >= 11 is 0. The van der Waals surface area contributed by atoms with Gasteiger partial charge in [0.2, 0.25) is 11.9 Å². The van der Waals surface area contributed by atoms with Crippen molar-refractivity contribution in [2.45, 2.75) is 18.9 Å². The van der Waals surface area contributed by atoms with E-state index in [1.54, 1.807) is 0 Å². The van der Waals surface area contributed by atoms with Gasteiger partial charge in [-0.2, -0.15) is 4.98 Å². The number of nitrogens with zero attached hydrogens (tertiary/aromatic N) is 3. The number of aromatic amines is 1. The number of aliphatic hydroxyl groups excluding tert-OH is 1. The standard InChI is InChI=1S/C9H17N5O2/c10-8-11-9(13-12-8)14-3-1-7(2-4-14)16-6-5-15/h7,15H,1-6H2,(H3,10,11,12,13). The molecule has 7 heteroatoms. The van der Waals surface area contributed by atoms with Crippen LogP contribution in [0.1, 0.15) is 12.8 Å². The Morgan fingerprint density at radius 3 is 2.81 bits per heavy atom. The second-order valence-electron chi connectivity index (χ2n) is 3.80. The highest BCUT2D eigenvalue weighted by atomic mass is 16.5. The van der Waals surface area contributed by atoms with Gasteiger partial charge in [0.1, 0.15) is 0 Å². The summed E-state index contributed by atoms with van der Waals surface area (Å²) in [5, 5.41) is 15.3. The maximum Gasteiger partial charge on any atom is 0.246 e. The number of nitrogen functional groups attached to an aromatic ring is 1. The van der Waals surface area contributed by atoms with Gasteiger partial charge in [0.05, 0.1) is 19.3 Å². The van der Waals surface area contributed by atoms with E-state index in [1.165, 1.54) is 0 Å². The number of H-pyrrole nitrogens is 1. The van der Waals surface area contributed by atoms with Crippen LogP contribution in [0, 0.1) is 0 Å². The summed E-state index contributed by atoms with van der Waals surface area (Å²) in [5.41, 5.74) is 5.47. The second kappa shape index (κ2) is 5.13. The predicted octanol–water partition coefficient (Wildman–Crippen LogP) is -0.635. The van der Waals surface area contributed by atoms with Crippen molar-refractivity contribution in [3.63, 3.8) is 0 Å². The Morgan fingerprint density at radius 1 is 1.50 bits per heavy atom. The fraction of sp³-hybridized carbons (Fsp3) is 0.778. The number of hydrogen-bond donors (Lipinski definition) is 3. The Labute approximate surface area is 93.6 Å². The quantitative estimate of drug-likeness (QED) is 0.633. The lowest BCUT2D eigenvalue weighted by Gasteiger charge is -2.30. The molecule has 1 aliphatic heterocycles. The number of aliphatic hydroxyl groups is 1. The summed E-state index contributed by atoms with van der Waals surface area (Å²) in [6.45, 7) is 2.21. The van der Waals surface area contributed by atoms with Crippen molar-refractivity contribution >= 4 is 11.9 Å². The van der Waals surface area contributed by atoms with E-state index in [2.05, 4.69) is 20.1 Å². The van der Waals surface area contributed by atoms with Crippen molar-refractivity contribution in [2.24, 2.45) is 0 Å². The summed E-state index contributed by atoms with van der Waals surface area (Å²) < 4.78 is 5.47. The van der Waals surface area contributed by atoms with Crippen LogP contribution >= 0.6 is 0 Å². The minimum absolute atomic E-state index is 0.0810. The number of anilines is 2. The molecule has 16 heavy (non-hydrogen) atoms. The fourth-order valence-corrected chi connectivity index (χ4v) is 1.85. The first-order chi connectivity index (χ1) is 7.79. The summed E-state index contributed by atoms with van der Waals surface area (Å²) in [6.07, 6.45) is 2.09. The molecule has 1 aromatic heterocycles. The molecule has 1 aromatic rings. The molecule has 0 amide bonds. The average molecular weight is 227 g/mol. The number of nitrogens with one attached hydrogen (secondary N) is 1. The normalized spacial score (nSPS) is 17.9. The van der Waals surface area contributed by atoms with Gasteiger partial charge in [-0.15, -0.1) is 5.10 Å². The van der Waals surface area contributed by atoms with E-state index in [0.717, 1.165) is 25.9 Å². The monoisotopic (exact) mass is 227 g/mol. The van der Waals surface area contributed by atoms with Gasteiger partial charge in [-0.25, -0.2) is 5.10 Å². The maximum atomic E-state index is 8.66. The van der Waals surface area contributed by atoms with Crippen LogP contribution in [0.3, 0.4) is 0 Å². The Balaban J connectivity index is 1.81. The van der Waals surface area contributed by atoms with E-state index in [-0.39, 0.29) is 12.7 Å². The lowest BCUT2D eigenvalue weighted by atomic mass is 10.1. The Kier molecular flexibility index (Phi) is 3.58. The van der Waals surface area contributed by atoms with Crippen molar-refractivity contribution in [1.29, 1.82) is 0 Å². The van der Waals surface area contributed by atoms with E-state index < -0.39 is 0 Å². The second-order valence-corrected chi connectivity index (χ2v) is 3.80. The van der Waals surface area contributed by atoms with Crippen LogP contribution in [0.4, 0.5) is 11.9 Å². The van der Waals surface area contributed by atoms with Crippen LogP contribution in [0.5, 0.6) is 0 Å². The largest absolute Gasteiger partial charge is 0.394 e. The van der Waals surface area contributed by atoms with Gasteiger partial charge in [-0.05, 0) is 12.8 Å². The number of aromatic nitrogens is 3. The molecule has 0 atom stereocenters. The van der Waals surface area contributed by atoms with Gasteiger partial charge in [-0.3, -0.25) is 0 Å². The number of ether oxygens (including phenoxy) is 1. The molecule has 7 nitrogen and oxygen atoms in total. The number of hydrogen-bond acceptors (Lipinski definition) is 6. The van der Waals surface area contributed by atoms with Crippen LogP contribution in [0.15, 0.2) is 0 Å². The summed E-state index contributed by atoms with van der Waals surface area (Å²) in [5.74, 6) is 0.992. The van der Waals surface area contributed by atoms with Crippen molar-refractivity contribution in [3.05, 3.63) is 0 Å². The molecular formula is C9H17N5O2. The average Bonchev–Trinajstić information content (AvgIpc) is 2.74. The zero-order chi connectivity index (χ0) is 11.4. The molecule has 0 aliphatic carbocycles. The van der Waals surface area contributed by atoms with E-state index >= 15 is 0 Å². The van der Waals surface area contributed by atoms with Gasteiger partial charge in [-0.1, -0.05) is 0 Å².